The van der Waals surface area contributed by atoms with Crippen LogP contribution in [0.3, 0.4) is 0 Å². The number of sulfonamides is 1. The molecule has 33 heavy (non-hydrogen) atoms. The minimum Gasteiger partial charge on any atom is -0.484 e. The molecule has 0 aromatic heterocycles. The summed E-state index contributed by atoms with van der Waals surface area (Å²) in [5.74, 6) is -0.162. The number of hydrogen-bond donors (Lipinski definition) is 0. The van der Waals surface area contributed by atoms with E-state index in [1.807, 2.05) is 38.1 Å². The molecule has 0 heterocycles. The Morgan fingerprint density at radius 3 is 1.97 bits per heavy atom. The van der Waals surface area contributed by atoms with Crippen LogP contribution in [-0.4, -0.2) is 20.9 Å². The lowest BCUT2D eigenvalue weighted by atomic mass is 9.87. The zero-order chi connectivity index (χ0) is 24.2. The van der Waals surface area contributed by atoms with Gasteiger partial charge in [0.15, 0.2) is 6.61 Å². The SMILES string of the molecule is CCc1ccc(N(C(=O)COc2ccc(C(C)(C)C)cc2)S(=O)(=O)c2ccc(C)cc2)cc1. The predicted molar refractivity (Wildman–Crippen MR) is 132 cm³/mol. The maximum atomic E-state index is 13.5. The van der Waals surface area contributed by atoms with Crippen molar-refractivity contribution in [2.45, 2.75) is 51.3 Å². The topological polar surface area (TPSA) is 63.7 Å². The highest BCUT2D eigenvalue weighted by Gasteiger charge is 2.31. The number of ether oxygens (including phenoxy) is 1. The molecule has 0 aliphatic rings. The van der Waals surface area contributed by atoms with Gasteiger partial charge in [-0.25, -0.2) is 8.42 Å². The van der Waals surface area contributed by atoms with Crippen molar-refractivity contribution in [2.24, 2.45) is 0 Å². The maximum Gasteiger partial charge on any atom is 0.278 e. The summed E-state index contributed by atoms with van der Waals surface area (Å²) in [5, 5.41) is 0. The fourth-order valence-corrected chi connectivity index (χ4v) is 4.77. The molecule has 3 aromatic carbocycles. The van der Waals surface area contributed by atoms with Gasteiger partial charge in [0.2, 0.25) is 0 Å². The van der Waals surface area contributed by atoms with Crippen molar-refractivity contribution in [3.05, 3.63) is 89.5 Å². The Hall–Kier alpha value is -3.12. The Morgan fingerprint density at radius 1 is 0.879 bits per heavy atom. The van der Waals surface area contributed by atoms with Crippen molar-refractivity contribution >= 4 is 21.6 Å². The van der Waals surface area contributed by atoms with E-state index in [0.717, 1.165) is 27.4 Å². The molecule has 0 radical (unpaired) electrons. The van der Waals surface area contributed by atoms with Gasteiger partial charge in [0.25, 0.3) is 15.9 Å². The smallest absolute Gasteiger partial charge is 0.278 e. The Balaban J connectivity index is 1.89. The van der Waals surface area contributed by atoms with Crippen LogP contribution in [0.1, 0.15) is 44.4 Å². The largest absolute Gasteiger partial charge is 0.484 e. The van der Waals surface area contributed by atoms with Gasteiger partial charge in [0, 0.05) is 0 Å². The molecule has 3 aromatic rings. The summed E-state index contributed by atoms with van der Waals surface area (Å²) in [6.07, 6.45) is 0.812. The number of benzene rings is 3. The van der Waals surface area contributed by atoms with Gasteiger partial charge in [-0.2, -0.15) is 4.31 Å². The number of nitrogens with zero attached hydrogens (tertiary/aromatic N) is 1. The molecule has 5 nitrogen and oxygen atoms in total. The summed E-state index contributed by atoms with van der Waals surface area (Å²) in [5.41, 5.74) is 3.40. The van der Waals surface area contributed by atoms with E-state index in [4.69, 9.17) is 4.74 Å². The van der Waals surface area contributed by atoms with Gasteiger partial charge >= 0.3 is 0 Å². The monoisotopic (exact) mass is 465 g/mol. The van der Waals surface area contributed by atoms with Crippen LogP contribution in [0.2, 0.25) is 0 Å². The number of hydrogen-bond acceptors (Lipinski definition) is 4. The molecule has 0 unspecified atom stereocenters. The van der Waals surface area contributed by atoms with Crippen molar-refractivity contribution in [3.63, 3.8) is 0 Å². The molecule has 0 atom stereocenters. The first-order valence-corrected chi connectivity index (χ1v) is 12.4. The van der Waals surface area contributed by atoms with Crippen LogP contribution in [0.15, 0.2) is 77.7 Å². The summed E-state index contributed by atoms with van der Waals surface area (Å²) in [6, 6.07) is 20.9. The lowest BCUT2D eigenvalue weighted by Gasteiger charge is -2.23. The molecule has 0 N–H and O–H groups in total. The molecule has 0 fully saturated rings. The Labute approximate surface area is 197 Å². The molecule has 0 saturated carbocycles. The van der Waals surface area contributed by atoms with Crippen LogP contribution in [0, 0.1) is 6.92 Å². The summed E-state index contributed by atoms with van der Waals surface area (Å²) >= 11 is 0. The number of anilines is 1. The minimum absolute atomic E-state index is 0.00207. The summed E-state index contributed by atoms with van der Waals surface area (Å²) in [4.78, 5) is 13.3. The van der Waals surface area contributed by atoms with Crippen LogP contribution in [-0.2, 0) is 26.7 Å². The van der Waals surface area contributed by atoms with Crippen molar-refractivity contribution in [1.82, 2.24) is 0 Å². The molecule has 0 spiro atoms. The summed E-state index contributed by atoms with van der Waals surface area (Å²) < 4.78 is 33.4. The first-order valence-electron chi connectivity index (χ1n) is 11.0. The molecule has 1 amide bonds. The average Bonchev–Trinajstić information content (AvgIpc) is 2.78. The third kappa shape index (κ3) is 5.82. The number of rotatable bonds is 7. The molecule has 0 aliphatic carbocycles. The van der Waals surface area contributed by atoms with Crippen LogP contribution in [0.5, 0.6) is 5.75 Å². The number of aryl methyl sites for hydroxylation is 2. The maximum absolute atomic E-state index is 13.5. The average molecular weight is 466 g/mol. The van der Waals surface area contributed by atoms with Gasteiger partial charge < -0.3 is 4.74 Å². The van der Waals surface area contributed by atoms with Crippen molar-refractivity contribution in [1.29, 1.82) is 0 Å². The number of carbonyl (C=O) groups is 1. The van der Waals surface area contributed by atoms with Crippen LogP contribution in [0.4, 0.5) is 5.69 Å². The molecular formula is C27H31NO4S. The minimum atomic E-state index is -4.12. The predicted octanol–water partition coefficient (Wildman–Crippen LogP) is 5.66. The molecule has 0 aliphatic heterocycles. The Kier molecular flexibility index (Phi) is 7.28. The molecule has 3 rings (SSSR count). The Morgan fingerprint density at radius 2 is 1.45 bits per heavy atom. The van der Waals surface area contributed by atoms with Crippen molar-refractivity contribution in [3.8, 4) is 5.75 Å². The van der Waals surface area contributed by atoms with E-state index in [1.165, 1.54) is 12.1 Å². The third-order valence-corrected chi connectivity index (χ3v) is 7.21. The van der Waals surface area contributed by atoms with Gasteiger partial charge in [-0.05, 0) is 66.3 Å². The van der Waals surface area contributed by atoms with Gasteiger partial charge in [-0.15, -0.1) is 0 Å². The second kappa shape index (κ2) is 9.79. The lowest BCUT2D eigenvalue weighted by Crippen LogP contribution is -2.40. The fourth-order valence-electron chi connectivity index (χ4n) is 3.35. The van der Waals surface area contributed by atoms with E-state index in [2.05, 4.69) is 20.8 Å². The van der Waals surface area contributed by atoms with Gasteiger partial charge in [0.1, 0.15) is 5.75 Å². The van der Waals surface area contributed by atoms with Crippen LogP contribution < -0.4 is 9.04 Å². The van der Waals surface area contributed by atoms with Crippen LogP contribution in [0.25, 0.3) is 0 Å². The third-order valence-electron chi connectivity index (χ3n) is 5.45. The van der Waals surface area contributed by atoms with Gasteiger partial charge in [-0.1, -0.05) is 69.7 Å². The number of carbonyl (C=O) groups excluding carboxylic acids is 1. The zero-order valence-corrected chi connectivity index (χ0v) is 20.6. The van der Waals surface area contributed by atoms with Crippen LogP contribution >= 0.6 is 0 Å². The first kappa shape index (κ1) is 24.5. The standard InChI is InChI=1S/C27H31NO4S/c1-6-21-9-13-23(14-10-21)28(33(30,31)25-17-7-20(2)8-18-25)26(29)19-32-24-15-11-22(12-16-24)27(3,4)5/h7-18H,6,19H2,1-5H3. The molecule has 0 bridgehead atoms. The first-order chi connectivity index (χ1) is 15.5. The molecule has 6 heteroatoms. The highest BCUT2D eigenvalue weighted by atomic mass is 32.2. The van der Waals surface area contributed by atoms with E-state index in [1.54, 1.807) is 36.4 Å². The second-order valence-corrected chi connectivity index (χ2v) is 10.8. The highest BCUT2D eigenvalue weighted by molar-refractivity contribution is 7.93. The Bertz CT molecular complexity index is 1190. The fraction of sp³-hybridized carbons (Fsp3) is 0.296. The van der Waals surface area contributed by atoms with Gasteiger partial charge in [0.05, 0.1) is 10.6 Å². The van der Waals surface area contributed by atoms with E-state index in [9.17, 15) is 13.2 Å². The highest BCUT2D eigenvalue weighted by Crippen LogP contribution is 2.27. The summed E-state index contributed by atoms with van der Waals surface area (Å²) in [7, 11) is -4.12. The second-order valence-electron chi connectivity index (χ2n) is 9.06. The van der Waals surface area contributed by atoms with E-state index in [0.29, 0.717) is 5.75 Å². The molecular weight excluding hydrogens is 434 g/mol. The summed E-state index contributed by atoms with van der Waals surface area (Å²) in [6.45, 7) is 9.83. The van der Waals surface area contributed by atoms with E-state index >= 15 is 0 Å². The van der Waals surface area contributed by atoms with Crippen molar-refractivity contribution < 1.29 is 17.9 Å². The lowest BCUT2D eigenvalue weighted by molar-refractivity contribution is -0.119. The quantitative estimate of drug-likeness (QED) is 0.452. The van der Waals surface area contributed by atoms with Crippen molar-refractivity contribution in [2.75, 3.05) is 10.9 Å². The number of amides is 1. The van der Waals surface area contributed by atoms with Gasteiger partial charge in [-0.3, -0.25) is 4.79 Å². The van der Waals surface area contributed by atoms with E-state index < -0.39 is 22.5 Å². The molecule has 174 valence electrons. The van der Waals surface area contributed by atoms with E-state index in [-0.39, 0.29) is 16.0 Å². The normalized spacial score (nSPS) is 11.8. The molecule has 0 saturated heterocycles. The zero-order valence-electron chi connectivity index (χ0n) is 19.8.